The monoisotopic (exact) mass is 359 g/mol. The molecule has 26 heavy (non-hydrogen) atoms. The lowest BCUT2D eigenvalue weighted by atomic mass is 10.1. The number of aryl methyl sites for hydroxylation is 2. The van der Waals surface area contributed by atoms with Gasteiger partial charge in [-0.25, -0.2) is 9.78 Å². The summed E-state index contributed by atoms with van der Waals surface area (Å²) in [4.78, 5) is 16.1. The molecule has 0 radical (unpaired) electrons. The number of benzene rings is 1. The maximum atomic E-state index is 11.5. The molecule has 0 atom stereocenters. The standard InChI is InChI=1S/C21H29NO4/c1-16-10-9-11-17(14-16)19-22-18(15-25-19)12-7-5-6-8-13-26-21(2,3)20(23)24-4/h9-11,14-15H,5-8,12-13H2,1-4H3. The Morgan fingerprint density at radius 2 is 1.96 bits per heavy atom. The van der Waals surface area contributed by atoms with Gasteiger partial charge in [-0.1, -0.05) is 30.5 Å². The highest BCUT2D eigenvalue weighted by atomic mass is 16.6. The Labute approximate surface area is 155 Å². The van der Waals surface area contributed by atoms with E-state index in [1.165, 1.54) is 12.7 Å². The Kier molecular flexibility index (Phi) is 7.39. The molecule has 5 heteroatoms. The van der Waals surface area contributed by atoms with Gasteiger partial charge >= 0.3 is 5.97 Å². The molecule has 5 nitrogen and oxygen atoms in total. The van der Waals surface area contributed by atoms with Crippen molar-refractivity contribution in [2.24, 2.45) is 0 Å². The summed E-state index contributed by atoms with van der Waals surface area (Å²) >= 11 is 0. The predicted molar refractivity (Wildman–Crippen MR) is 101 cm³/mol. The zero-order chi connectivity index (χ0) is 19.0. The summed E-state index contributed by atoms with van der Waals surface area (Å²) in [5, 5.41) is 0. The molecule has 1 heterocycles. The average Bonchev–Trinajstić information content (AvgIpc) is 3.09. The summed E-state index contributed by atoms with van der Waals surface area (Å²) in [6, 6.07) is 8.16. The molecule has 0 amide bonds. The molecule has 0 saturated carbocycles. The highest BCUT2D eigenvalue weighted by Crippen LogP contribution is 2.20. The highest BCUT2D eigenvalue weighted by molar-refractivity contribution is 5.78. The van der Waals surface area contributed by atoms with Crippen molar-refractivity contribution in [3.8, 4) is 11.5 Å². The van der Waals surface area contributed by atoms with E-state index in [1.54, 1.807) is 20.1 Å². The lowest BCUT2D eigenvalue weighted by Crippen LogP contribution is -2.36. The van der Waals surface area contributed by atoms with Crippen LogP contribution in [0.4, 0.5) is 0 Å². The third kappa shape index (κ3) is 5.99. The lowest BCUT2D eigenvalue weighted by molar-refractivity contribution is -0.165. The second-order valence-corrected chi connectivity index (χ2v) is 7.03. The van der Waals surface area contributed by atoms with Crippen molar-refractivity contribution in [1.29, 1.82) is 0 Å². The first kappa shape index (κ1) is 20.2. The lowest BCUT2D eigenvalue weighted by Gasteiger charge is -2.22. The summed E-state index contributed by atoms with van der Waals surface area (Å²) < 4.78 is 15.9. The first-order valence-corrected chi connectivity index (χ1v) is 9.16. The quantitative estimate of drug-likeness (QED) is 0.454. The fraction of sp³-hybridized carbons (Fsp3) is 0.524. The number of oxazole rings is 1. The molecule has 0 saturated heterocycles. The van der Waals surface area contributed by atoms with Gasteiger partial charge < -0.3 is 13.9 Å². The van der Waals surface area contributed by atoms with Crippen molar-refractivity contribution < 1.29 is 18.7 Å². The number of nitrogens with zero attached hydrogens (tertiary/aromatic N) is 1. The van der Waals surface area contributed by atoms with Crippen LogP contribution in [0.15, 0.2) is 34.9 Å². The molecule has 2 rings (SSSR count). The number of rotatable bonds is 10. The molecule has 2 aromatic rings. The Morgan fingerprint density at radius 3 is 2.69 bits per heavy atom. The van der Waals surface area contributed by atoms with E-state index in [0.29, 0.717) is 12.5 Å². The maximum Gasteiger partial charge on any atom is 0.337 e. The fourth-order valence-corrected chi connectivity index (χ4v) is 2.73. The Balaban J connectivity index is 1.64. The number of hydrogen-bond donors (Lipinski definition) is 0. The number of methoxy groups -OCH3 is 1. The molecule has 0 aliphatic rings. The number of ether oxygens (including phenoxy) is 2. The number of aromatic nitrogens is 1. The van der Waals surface area contributed by atoms with Gasteiger partial charge in [-0.05, 0) is 52.2 Å². The zero-order valence-electron chi connectivity index (χ0n) is 16.2. The first-order valence-electron chi connectivity index (χ1n) is 9.16. The number of esters is 1. The topological polar surface area (TPSA) is 61.6 Å². The highest BCUT2D eigenvalue weighted by Gasteiger charge is 2.29. The van der Waals surface area contributed by atoms with Crippen LogP contribution in [0, 0.1) is 6.92 Å². The van der Waals surface area contributed by atoms with Crippen molar-refractivity contribution in [2.75, 3.05) is 13.7 Å². The van der Waals surface area contributed by atoms with E-state index in [0.717, 1.165) is 43.4 Å². The Morgan fingerprint density at radius 1 is 1.19 bits per heavy atom. The molecule has 1 aromatic heterocycles. The second-order valence-electron chi connectivity index (χ2n) is 7.03. The van der Waals surface area contributed by atoms with E-state index in [2.05, 4.69) is 24.0 Å². The molecule has 0 aliphatic heterocycles. The SMILES string of the molecule is COC(=O)C(C)(C)OCCCCCCc1coc(-c2cccc(C)c2)n1. The summed E-state index contributed by atoms with van der Waals surface area (Å²) in [6.45, 7) is 6.08. The largest absolute Gasteiger partial charge is 0.467 e. The van der Waals surface area contributed by atoms with E-state index in [-0.39, 0.29) is 5.97 Å². The van der Waals surface area contributed by atoms with Gasteiger partial charge in [-0.2, -0.15) is 0 Å². The van der Waals surface area contributed by atoms with Crippen LogP contribution in [-0.4, -0.2) is 30.3 Å². The molecular formula is C21H29NO4. The van der Waals surface area contributed by atoms with E-state index in [1.807, 2.05) is 12.1 Å². The van der Waals surface area contributed by atoms with E-state index in [4.69, 9.17) is 13.9 Å². The van der Waals surface area contributed by atoms with Gasteiger partial charge in [0.1, 0.15) is 6.26 Å². The van der Waals surface area contributed by atoms with Gasteiger partial charge in [0.15, 0.2) is 5.60 Å². The van der Waals surface area contributed by atoms with Crippen molar-refractivity contribution in [3.63, 3.8) is 0 Å². The number of hydrogen-bond acceptors (Lipinski definition) is 5. The average molecular weight is 359 g/mol. The minimum Gasteiger partial charge on any atom is -0.467 e. The van der Waals surface area contributed by atoms with E-state index in [9.17, 15) is 4.79 Å². The Hall–Kier alpha value is -2.14. The van der Waals surface area contributed by atoms with Crippen LogP contribution >= 0.6 is 0 Å². The maximum absolute atomic E-state index is 11.5. The van der Waals surface area contributed by atoms with Crippen LogP contribution in [-0.2, 0) is 20.7 Å². The minimum atomic E-state index is -0.873. The molecule has 0 bridgehead atoms. The van der Waals surface area contributed by atoms with Gasteiger partial charge in [-0.3, -0.25) is 0 Å². The summed E-state index contributed by atoms with van der Waals surface area (Å²) in [6.07, 6.45) is 6.78. The minimum absolute atomic E-state index is 0.340. The number of unbranched alkanes of at least 4 members (excludes halogenated alkanes) is 3. The van der Waals surface area contributed by atoms with Crippen molar-refractivity contribution in [1.82, 2.24) is 4.98 Å². The van der Waals surface area contributed by atoms with Crippen molar-refractivity contribution in [3.05, 3.63) is 41.8 Å². The summed E-state index contributed by atoms with van der Waals surface area (Å²) in [5.74, 6) is 0.343. The normalized spacial score (nSPS) is 11.5. The molecule has 142 valence electrons. The smallest absolute Gasteiger partial charge is 0.337 e. The van der Waals surface area contributed by atoms with E-state index >= 15 is 0 Å². The zero-order valence-corrected chi connectivity index (χ0v) is 16.2. The summed E-state index contributed by atoms with van der Waals surface area (Å²) in [5.41, 5.74) is 2.33. The molecule has 0 aliphatic carbocycles. The van der Waals surface area contributed by atoms with E-state index < -0.39 is 5.60 Å². The van der Waals surface area contributed by atoms with Crippen LogP contribution in [0.1, 0.15) is 50.8 Å². The van der Waals surface area contributed by atoms with Crippen LogP contribution in [0.5, 0.6) is 0 Å². The van der Waals surface area contributed by atoms with Gasteiger partial charge in [0.2, 0.25) is 5.89 Å². The third-order valence-corrected chi connectivity index (χ3v) is 4.28. The van der Waals surface area contributed by atoms with Gasteiger partial charge in [0.05, 0.1) is 12.8 Å². The molecule has 0 unspecified atom stereocenters. The van der Waals surface area contributed by atoms with Crippen LogP contribution in [0.25, 0.3) is 11.5 Å². The first-order chi connectivity index (χ1) is 12.4. The third-order valence-electron chi connectivity index (χ3n) is 4.28. The van der Waals surface area contributed by atoms with Crippen LogP contribution < -0.4 is 0 Å². The van der Waals surface area contributed by atoms with Crippen molar-refractivity contribution in [2.45, 2.75) is 58.5 Å². The van der Waals surface area contributed by atoms with Crippen molar-refractivity contribution >= 4 is 5.97 Å². The molecule has 0 N–H and O–H groups in total. The summed E-state index contributed by atoms with van der Waals surface area (Å²) in [7, 11) is 1.38. The number of carbonyl (C=O) groups is 1. The Bertz CT molecular complexity index is 706. The fourth-order valence-electron chi connectivity index (χ4n) is 2.73. The van der Waals surface area contributed by atoms with Gasteiger partial charge in [0, 0.05) is 12.2 Å². The van der Waals surface area contributed by atoms with Crippen LogP contribution in [0.2, 0.25) is 0 Å². The molecule has 0 spiro atoms. The molecule has 1 aromatic carbocycles. The molecular weight excluding hydrogens is 330 g/mol. The molecule has 0 fully saturated rings. The van der Waals surface area contributed by atoms with Gasteiger partial charge in [-0.15, -0.1) is 0 Å². The number of carbonyl (C=O) groups excluding carboxylic acids is 1. The second kappa shape index (κ2) is 9.53. The van der Waals surface area contributed by atoms with Gasteiger partial charge in [0.25, 0.3) is 0 Å². The van der Waals surface area contributed by atoms with Crippen LogP contribution in [0.3, 0.4) is 0 Å². The predicted octanol–water partition coefficient (Wildman–Crippen LogP) is 4.72.